The van der Waals surface area contributed by atoms with Gasteiger partial charge < -0.3 is 10.2 Å². The third kappa shape index (κ3) is 3.84. The normalized spacial score (nSPS) is 16.3. The molecule has 0 aromatic carbocycles. The van der Waals surface area contributed by atoms with E-state index in [-0.39, 0.29) is 11.9 Å². The van der Waals surface area contributed by atoms with Crippen LogP contribution in [-0.4, -0.2) is 39.9 Å². The second-order valence-corrected chi connectivity index (χ2v) is 6.18. The molecule has 0 radical (unpaired) electrons. The van der Waals surface area contributed by atoms with Gasteiger partial charge in [-0.1, -0.05) is 0 Å². The fourth-order valence-corrected chi connectivity index (χ4v) is 2.87. The van der Waals surface area contributed by atoms with Crippen molar-refractivity contribution in [2.45, 2.75) is 38.1 Å². The van der Waals surface area contributed by atoms with Crippen molar-refractivity contribution in [2.24, 2.45) is 0 Å². The smallest absolute Gasteiger partial charge is 0.225 e. The predicted octanol–water partition coefficient (Wildman–Crippen LogP) is 1.46. The van der Waals surface area contributed by atoms with Crippen molar-refractivity contribution in [1.29, 1.82) is 0 Å². The van der Waals surface area contributed by atoms with Gasteiger partial charge in [0.25, 0.3) is 0 Å². The SMILES string of the molecule is CN(C)c1ncc2c(n1)CCC[C@@H]2NC(=O)CCc1cnccn1. The Labute approximate surface area is 141 Å². The summed E-state index contributed by atoms with van der Waals surface area (Å²) in [4.78, 5) is 31.4. The maximum absolute atomic E-state index is 12.3. The standard InChI is InChI=1S/C17H22N6O/c1-23(2)17-20-11-13-14(4-3-5-15(13)22-17)21-16(24)7-6-12-10-18-8-9-19-12/h8-11,14H,3-7H2,1-2H3,(H,21,24)/t14-/m0/s1. The summed E-state index contributed by atoms with van der Waals surface area (Å²) in [6, 6.07) is -0.000630. The van der Waals surface area contributed by atoms with E-state index in [4.69, 9.17) is 0 Å². The average molecular weight is 326 g/mol. The first-order valence-electron chi connectivity index (χ1n) is 8.21. The highest BCUT2D eigenvalue weighted by atomic mass is 16.1. The molecule has 126 valence electrons. The van der Waals surface area contributed by atoms with Gasteiger partial charge in [-0.25, -0.2) is 9.97 Å². The number of carbonyl (C=O) groups is 1. The molecule has 0 fully saturated rings. The molecular formula is C17H22N6O. The summed E-state index contributed by atoms with van der Waals surface area (Å²) in [5.74, 6) is 0.735. The van der Waals surface area contributed by atoms with Crippen LogP contribution in [0.15, 0.2) is 24.8 Å². The van der Waals surface area contributed by atoms with Crippen molar-refractivity contribution in [3.8, 4) is 0 Å². The van der Waals surface area contributed by atoms with Crippen molar-refractivity contribution in [1.82, 2.24) is 25.3 Å². The van der Waals surface area contributed by atoms with Crippen molar-refractivity contribution in [3.05, 3.63) is 41.7 Å². The number of anilines is 1. The number of amides is 1. The molecular weight excluding hydrogens is 304 g/mol. The summed E-state index contributed by atoms with van der Waals surface area (Å²) in [6.45, 7) is 0. The average Bonchev–Trinajstić information content (AvgIpc) is 2.60. The van der Waals surface area contributed by atoms with Crippen molar-refractivity contribution < 1.29 is 4.79 Å². The van der Waals surface area contributed by atoms with E-state index in [0.29, 0.717) is 18.8 Å². The summed E-state index contributed by atoms with van der Waals surface area (Å²) in [5.41, 5.74) is 2.91. The predicted molar refractivity (Wildman–Crippen MR) is 90.5 cm³/mol. The van der Waals surface area contributed by atoms with E-state index in [1.807, 2.05) is 25.2 Å². The van der Waals surface area contributed by atoms with Crippen molar-refractivity contribution in [3.63, 3.8) is 0 Å². The van der Waals surface area contributed by atoms with Gasteiger partial charge >= 0.3 is 0 Å². The van der Waals surface area contributed by atoms with E-state index >= 15 is 0 Å². The van der Waals surface area contributed by atoms with Gasteiger partial charge in [0.2, 0.25) is 11.9 Å². The summed E-state index contributed by atoms with van der Waals surface area (Å²) in [6.07, 6.45) is 10.7. The summed E-state index contributed by atoms with van der Waals surface area (Å²) in [5, 5.41) is 3.11. The van der Waals surface area contributed by atoms with Crippen LogP contribution in [0, 0.1) is 0 Å². The van der Waals surface area contributed by atoms with Gasteiger partial charge in [-0.3, -0.25) is 14.8 Å². The van der Waals surface area contributed by atoms with Crippen molar-refractivity contribution in [2.75, 3.05) is 19.0 Å². The Morgan fingerprint density at radius 3 is 2.92 bits per heavy atom. The lowest BCUT2D eigenvalue weighted by atomic mass is 9.92. The summed E-state index contributed by atoms with van der Waals surface area (Å²) in [7, 11) is 3.85. The molecule has 2 aromatic heterocycles. The third-order valence-corrected chi connectivity index (χ3v) is 4.13. The van der Waals surface area contributed by atoms with Crippen LogP contribution in [0.2, 0.25) is 0 Å². The number of rotatable bonds is 5. The molecule has 1 N–H and O–H groups in total. The Bertz CT molecular complexity index is 703. The molecule has 2 heterocycles. The molecule has 0 saturated carbocycles. The van der Waals surface area contributed by atoms with E-state index in [0.717, 1.165) is 36.2 Å². The van der Waals surface area contributed by atoms with Crippen LogP contribution in [0.5, 0.6) is 0 Å². The van der Waals surface area contributed by atoms with E-state index in [1.165, 1.54) is 0 Å². The minimum absolute atomic E-state index is 0.000630. The molecule has 0 saturated heterocycles. The van der Waals surface area contributed by atoms with Crippen LogP contribution in [0.1, 0.15) is 42.3 Å². The highest BCUT2D eigenvalue weighted by Gasteiger charge is 2.24. The van der Waals surface area contributed by atoms with Gasteiger partial charge in [0.15, 0.2) is 0 Å². The first-order valence-corrected chi connectivity index (χ1v) is 8.21. The number of hydrogen-bond acceptors (Lipinski definition) is 6. The Kier molecular flexibility index (Phi) is 4.98. The number of aryl methyl sites for hydroxylation is 2. The molecule has 1 aliphatic carbocycles. The zero-order valence-corrected chi connectivity index (χ0v) is 14.1. The van der Waals surface area contributed by atoms with Gasteiger partial charge in [-0.05, 0) is 25.7 Å². The lowest BCUT2D eigenvalue weighted by Crippen LogP contribution is -2.32. The minimum Gasteiger partial charge on any atom is -0.349 e. The Balaban J connectivity index is 1.63. The number of nitrogens with one attached hydrogen (secondary N) is 1. The molecule has 3 rings (SSSR count). The van der Waals surface area contributed by atoms with Crippen LogP contribution in [0.3, 0.4) is 0 Å². The molecule has 0 aliphatic heterocycles. The fraction of sp³-hybridized carbons (Fsp3) is 0.471. The van der Waals surface area contributed by atoms with Gasteiger partial charge in [0.05, 0.1) is 17.4 Å². The molecule has 0 unspecified atom stereocenters. The molecule has 1 atom stereocenters. The molecule has 1 amide bonds. The van der Waals surface area contributed by atoms with Gasteiger partial charge in [-0.2, -0.15) is 0 Å². The Morgan fingerprint density at radius 1 is 1.29 bits per heavy atom. The largest absolute Gasteiger partial charge is 0.349 e. The second-order valence-electron chi connectivity index (χ2n) is 6.18. The molecule has 1 aliphatic rings. The van der Waals surface area contributed by atoms with Crippen molar-refractivity contribution >= 4 is 11.9 Å². The van der Waals surface area contributed by atoms with E-state index in [1.54, 1.807) is 18.6 Å². The highest BCUT2D eigenvalue weighted by Crippen LogP contribution is 2.29. The summed E-state index contributed by atoms with van der Waals surface area (Å²) < 4.78 is 0. The van der Waals surface area contributed by atoms with Gasteiger partial charge in [-0.15, -0.1) is 0 Å². The van der Waals surface area contributed by atoms with Gasteiger partial charge in [0.1, 0.15) is 0 Å². The third-order valence-electron chi connectivity index (χ3n) is 4.13. The van der Waals surface area contributed by atoms with E-state index < -0.39 is 0 Å². The summed E-state index contributed by atoms with van der Waals surface area (Å²) >= 11 is 0. The molecule has 24 heavy (non-hydrogen) atoms. The van der Waals surface area contributed by atoms with Gasteiger partial charge in [0, 0.05) is 50.9 Å². The van der Waals surface area contributed by atoms with Crippen LogP contribution < -0.4 is 10.2 Å². The number of fused-ring (bicyclic) bond motifs is 1. The maximum Gasteiger partial charge on any atom is 0.225 e. The lowest BCUT2D eigenvalue weighted by Gasteiger charge is -2.26. The first-order chi connectivity index (χ1) is 11.6. The zero-order chi connectivity index (χ0) is 16.9. The molecule has 0 spiro atoms. The highest BCUT2D eigenvalue weighted by molar-refractivity contribution is 5.76. The Hall–Kier alpha value is -2.57. The van der Waals surface area contributed by atoms with Crippen LogP contribution in [0.25, 0.3) is 0 Å². The number of carbonyl (C=O) groups excluding carboxylic acids is 1. The topological polar surface area (TPSA) is 83.9 Å². The Morgan fingerprint density at radius 2 is 2.17 bits per heavy atom. The minimum atomic E-state index is -0.000630. The molecule has 7 nitrogen and oxygen atoms in total. The van der Waals surface area contributed by atoms with Crippen LogP contribution in [0.4, 0.5) is 5.95 Å². The first kappa shape index (κ1) is 16.3. The lowest BCUT2D eigenvalue weighted by molar-refractivity contribution is -0.121. The number of nitrogens with zero attached hydrogens (tertiary/aromatic N) is 5. The second kappa shape index (κ2) is 7.33. The van der Waals surface area contributed by atoms with Crippen LogP contribution >= 0.6 is 0 Å². The maximum atomic E-state index is 12.3. The van der Waals surface area contributed by atoms with E-state index in [9.17, 15) is 4.79 Å². The molecule has 7 heteroatoms. The number of hydrogen-bond donors (Lipinski definition) is 1. The zero-order valence-electron chi connectivity index (χ0n) is 14.1. The monoisotopic (exact) mass is 326 g/mol. The van der Waals surface area contributed by atoms with E-state index in [2.05, 4.69) is 25.3 Å². The molecule has 0 bridgehead atoms. The molecule has 2 aromatic rings. The quantitative estimate of drug-likeness (QED) is 0.895. The number of aromatic nitrogens is 4. The fourth-order valence-electron chi connectivity index (χ4n) is 2.87. The van der Waals surface area contributed by atoms with Crippen LogP contribution in [-0.2, 0) is 17.6 Å².